The Morgan fingerprint density at radius 2 is 2.29 bits per heavy atom. The molecule has 1 aromatic rings. The van der Waals surface area contributed by atoms with Gasteiger partial charge >= 0.3 is 0 Å². The van der Waals surface area contributed by atoms with Crippen LogP contribution in [0.25, 0.3) is 0 Å². The Balaban J connectivity index is 1.91. The van der Waals surface area contributed by atoms with Gasteiger partial charge in [0.1, 0.15) is 12.4 Å². The van der Waals surface area contributed by atoms with Crippen molar-refractivity contribution < 1.29 is 9.53 Å². The van der Waals surface area contributed by atoms with Gasteiger partial charge in [0.05, 0.1) is 5.92 Å². The van der Waals surface area contributed by atoms with Crippen LogP contribution in [0, 0.1) is 5.92 Å². The van der Waals surface area contributed by atoms with Crippen molar-refractivity contribution in [2.24, 2.45) is 5.92 Å². The van der Waals surface area contributed by atoms with Crippen LogP contribution in [-0.2, 0) is 11.2 Å². The third kappa shape index (κ3) is 3.13. The fourth-order valence-corrected chi connectivity index (χ4v) is 2.05. The van der Waals surface area contributed by atoms with Gasteiger partial charge in [-0.05, 0) is 24.5 Å². The molecule has 2 rings (SSSR count). The lowest BCUT2D eigenvalue weighted by molar-refractivity contribution is -0.126. The minimum absolute atomic E-state index is 0.0598. The summed E-state index contributed by atoms with van der Waals surface area (Å²) in [5.74, 6) is 1.45. The number of ether oxygens (including phenoxy) is 1. The van der Waals surface area contributed by atoms with Gasteiger partial charge in [-0.1, -0.05) is 18.2 Å². The quantitative estimate of drug-likeness (QED) is 0.658. The van der Waals surface area contributed by atoms with Gasteiger partial charge in [0, 0.05) is 12.4 Å². The highest BCUT2D eigenvalue weighted by molar-refractivity contribution is 6.17. The number of amides is 1. The number of carbonyl (C=O) groups excluding carboxylic acids is 1. The van der Waals surface area contributed by atoms with E-state index in [9.17, 15) is 4.79 Å². The molecule has 0 radical (unpaired) electrons. The molecule has 0 aromatic heterocycles. The van der Waals surface area contributed by atoms with Gasteiger partial charge in [-0.2, -0.15) is 0 Å². The van der Waals surface area contributed by atoms with E-state index in [1.54, 1.807) is 0 Å². The molecule has 1 aliphatic heterocycles. The summed E-state index contributed by atoms with van der Waals surface area (Å²) in [6.45, 7) is 1.10. The second-order valence-electron chi connectivity index (χ2n) is 4.15. The molecule has 17 heavy (non-hydrogen) atoms. The van der Waals surface area contributed by atoms with Crippen molar-refractivity contribution in [1.82, 2.24) is 5.32 Å². The van der Waals surface area contributed by atoms with Crippen LogP contribution in [-0.4, -0.2) is 24.9 Å². The monoisotopic (exact) mass is 253 g/mol. The molecule has 0 spiro atoms. The zero-order chi connectivity index (χ0) is 12.1. The van der Waals surface area contributed by atoms with Crippen molar-refractivity contribution >= 4 is 17.5 Å². The van der Waals surface area contributed by atoms with E-state index in [1.165, 1.54) is 0 Å². The highest BCUT2D eigenvalue weighted by Gasteiger charge is 2.25. The summed E-state index contributed by atoms with van der Waals surface area (Å²) in [7, 11) is 0. The predicted molar refractivity (Wildman–Crippen MR) is 67.5 cm³/mol. The van der Waals surface area contributed by atoms with Crippen LogP contribution in [0.1, 0.15) is 12.0 Å². The Bertz CT molecular complexity index is 395. The van der Waals surface area contributed by atoms with Crippen LogP contribution < -0.4 is 10.1 Å². The fraction of sp³-hybridized carbons (Fsp3) is 0.462. The summed E-state index contributed by atoms with van der Waals surface area (Å²) in [4.78, 5) is 11.8. The molecular weight excluding hydrogens is 238 g/mol. The molecule has 1 atom stereocenters. The maximum Gasteiger partial charge on any atom is 0.226 e. The minimum atomic E-state index is -0.0831. The molecular formula is C13H16ClNO2. The number of halogens is 1. The molecule has 1 N–H and O–H groups in total. The third-order valence-corrected chi connectivity index (χ3v) is 3.13. The summed E-state index contributed by atoms with van der Waals surface area (Å²) in [6, 6.07) is 7.86. The first kappa shape index (κ1) is 12.2. The van der Waals surface area contributed by atoms with Crippen LogP contribution in [0.5, 0.6) is 5.75 Å². The first-order chi connectivity index (χ1) is 8.31. The summed E-state index contributed by atoms with van der Waals surface area (Å²) in [5.41, 5.74) is 1.11. The molecule has 0 saturated heterocycles. The van der Waals surface area contributed by atoms with E-state index in [2.05, 4.69) is 5.32 Å². The van der Waals surface area contributed by atoms with E-state index in [0.717, 1.165) is 24.2 Å². The number of hydrogen-bond donors (Lipinski definition) is 1. The van der Waals surface area contributed by atoms with Crippen molar-refractivity contribution in [3.05, 3.63) is 29.8 Å². The topological polar surface area (TPSA) is 38.3 Å². The standard InChI is InChI=1S/C13H16ClNO2/c14-6-3-7-15-13(16)11-8-10-4-1-2-5-12(10)17-9-11/h1-2,4-5,11H,3,6-9H2,(H,15,16). The molecule has 0 bridgehead atoms. The third-order valence-electron chi connectivity index (χ3n) is 2.86. The molecule has 1 unspecified atom stereocenters. The van der Waals surface area contributed by atoms with Gasteiger partial charge in [-0.25, -0.2) is 0 Å². The van der Waals surface area contributed by atoms with Gasteiger partial charge in [0.15, 0.2) is 0 Å². The SMILES string of the molecule is O=C(NCCCCl)C1COc2ccccc2C1. The molecule has 0 saturated carbocycles. The molecule has 0 aliphatic carbocycles. The van der Waals surface area contributed by atoms with E-state index in [4.69, 9.17) is 16.3 Å². The smallest absolute Gasteiger partial charge is 0.226 e. The second-order valence-corrected chi connectivity index (χ2v) is 4.53. The first-order valence-corrected chi connectivity index (χ1v) is 6.39. The van der Waals surface area contributed by atoms with Gasteiger partial charge in [-0.15, -0.1) is 11.6 Å². The molecule has 0 fully saturated rings. The number of nitrogens with one attached hydrogen (secondary N) is 1. The average Bonchev–Trinajstić information content (AvgIpc) is 2.38. The molecule has 1 amide bonds. The lowest BCUT2D eigenvalue weighted by atomic mass is 9.96. The number of alkyl halides is 1. The molecule has 1 aliphatic rings. The number of rotatable bonds is 4. The van der Waals surface area contributed by atoms with Crippen LogP contribution >= 0.6 is 11.6 Å². The highest BCUT2D eigenvalue weighted by atomic mass is 35.5. The van der Waals surface area contributed by atoms with Crippen LogP contribution in [0.3, 0.4) is 0 Å². The van der Waals surface area contributed by atoms with E-state index in [1.807, 2.05) is 24.3 Å². The lowest BCUT2D eigenvalue weighted by Crippen LogP contribution is -2.37. The fourth-order valence-electron chi connectivity index (χ4n) is 1.92. The van der Waals surface area contributed by atoms with E-state index < -0.39 is 0 Å². The number of fused-ring (bicyclic) bond motifs is 1. The lowest BCUT2D eigenvalue weighted by Gasteiger charge is -2.24. The van der Waals surface area contributed by atoms with Crippen LogP contribution in [0.15, 0.2) is 24.3 Å². The second kappa shape index (κ2) is 5.92. The molecule has 1 aromatic carbocycles. The van der Waals surface area contributed by atoms with Crippen molar-refractivity contribution in [2.45, 2.75) is 12.8 Å². The van der Waals surface area contributed by atoms with Crippen LogP contribution in [0.2, 0.25) is 0 Å². The van der Waals surface area contributed by atoms with Crippen LogP contribution in [0.4, 0.5) is 0 Å². The van der Waals surface area contributed by atoms with Gasteiger partial charge < -0.3 is 10.1 Å². The maximum absolute atomic E-state index is 11.8. The van der Waals surface area contributed by atoms with Crippen molar-refractivity contribution in [1.29, 1.82) is 0 Å². The Morgan fingerprint density at radius 1 is 1.47 bits per heavy atom. The Labute approximate surface area is 106 Å². The molecule has 3 nitrogen and oxygen atoms in total. The number of benzene rings is 1. The molecule has 92 valence electrons. The summed E-state index contributed by atoms with van der Waals surface area (Å²) in [6.07, 6.45) is 1.56. The van der Waals surface area contributed by atoms with Gasteiger partial charge in [0.25, 0.3) is 0 Å². The minimum Gasteiger partial charge on any atom is -0.492 e. The van der Waals surface area contributed by atoms with Crippen molar-refractivity contribution in [2.75, 3.05) is 19.0 Å². The average molecular weight is 254 g/mol. The molecule has 4 heteroatoms. The number of para-hydroxylation sites is 1. The Kier molecular flexibility index (Phi) is 4.26. The zero-order valence-corrected chi connectivity index (χ0v) is 10.4. The Hall–Kier alpha value is -1.22. The maximum atomic E-state index is 11.8. The Morgan fingerprint density at radius 3 is 3.12 bits per heavy atom. The number of carbonyl (C=O) groups is 1. The van der Waals surface area contributed by atoms with E-state index in [0.29, 0.717) is 19.0 Å². The predicted octanol–water partition coefficient (Wildman–Crippen LogP) is 1.98. The summed E-state index contributed by atoms with van der Waals surface area (Å²) < 4.78 is 5.58. The summed E-state index contributed by atoms with van der Waals surface area (Å²) in [5, 5.41) is 2.88. The van der Waals surface area contributed by atoms with Gasteiger partial charge in [-0.3, -0.25) is 4.79 Å². The van der Waals surface area contributed by atoms with E-state index >= 15 is 0 Å². The zero-order valence-electron chi connectivity index (χ0n) is 9.62. The normalized spacial score (nSPS) is 18.1. The van der Waals surface area contributed by atoms with E-state index in [-0.39, 0.29) is 11.8 Å². The number of hydrogen-bond acceptors (Lipinski definition) is 2. The largest absolute Gasteiger partial charge is 0.492 e. The van der Waals surface area contributed by atoms with Crippen molar-refractivity contribution in [3.8, 4) is 5.75 Å². The highest BCUT2D eigenvalue weighted by Crippen LogP contribution is 2.26. The van der Waals surface area contributed by atoms with Gasteiger partial charge in [0.2, 0.25) is 5.91 Å². The summed E-state index contributed by atoms with van der Waals surface area (Å²) >= 11 is 5.56. The van der Waals surface area contributed by atoms with Crippen molar-refractivity contribution in [3.63, 3.8) is 0 Å². The molecule has 1 heterocycles. The first-order valence-electron chi connectivity index (χ1n) is 5.85.